The van der Waals surface area contributed by atoms with E-state index < -0.39 is 35.0 Å². The maximum atomic E-state index is 12.8. The molecule has 0 unspecified atom stereocenters. The molecule has 0 spiro atoms. The summed E-state index contributed by atoms with van der Waals surface area (Å²) in [5, 5.41) is 22.2. The number of hydrogen-bond donors (Lipinski definition) is 3. The second-order valence-electron chi connectivity index (χ2n) is 9.86. The summed E-state index contributed by atoms with van der Waals surface area (Å²) in [6, 6.07) is 9.67. The van der Waals surface area contributed by atoms with Gasteiger partial charge in [-0.3, -0.25) is 24.5 Å². The monoisotopic (exact) mass is 597 g/mol. The van der Waals surface area contributed by atoms with Gasteiger partial charge < -0.3 is 25.4 Å². The van der Waals surface area contributed by atoms with E-state index in [1.165, 1.54) is 31.2 Å². The maximum Gasteiger partial charge on any atom is 0.514 e. The molecule has 2 atom stereocenters. The van der Waals surface area contributed by atoms with E-state index in [1.807, 2.05) is 0 Å². The van der Waals surface area contributed by atoms with Crippen molar-refractivity contribution in [1.29, 1.82) is 0 Å². The normalized spacial score (nSPS) is 11.8. The third-order valence-corrected chi connectivity index (χ3v) is 6.07. The highest BCUT2D eigenvalue weighted by atomic mass is 16.7. The van der Waals surface area contributed by atoms with Crippen molar-refractivity contribution in [2.75, 3.05) is 11.9 Å². The minimum absolute atomic E-state index is 0.0901. The average molecular weight is 598 g/mol. The Morgan fingerprint density at radius 3 is 2.23 bits per heavy atom. The number of nitrogens with one attached hydrogen (secondary N) is 3. The van der Waals surface area contributed by atoms with Crippen LogP contribution in [0.15, 0.2) is 53.6 Å². The van der Waals surface area contributed by atoms with Crippen LogP contribution in [0.25, 0.3) is 10.4 Å². The maximum absolute atomic E-state index is 12.8. The van der Waals surface area contributed by atoms with Crippen LogP contribution in [0.3, 0.4) is 0 Å². The molecule has 0 bridgehead atoms. The Balaban J connectivity index is 1.79. The SMILES string of the molecule is CC(C)[C@H](NC(=O)CCCCCN=[N+]=[N-])C(=O)N[C@@H](C)C(=O)Nc1ccc(COC(=O)Oc2ccc([N+](=O)[O-])cc2)cc1. The van der Waals surface area contributed by atoms with Crippen LogP contribution in [0, 0.1) is 16.0 Å². The first kappa shape index (κ1) is 34.0. The van der Waals surface area contributed by atoms with Crippen molar-refractivity contribution in [3.8, 4) is 5.75 Å². The average Bonchev–Trinajstić information content (AvgIpc) is 2.97. The van der Waals surface area contributed by atoms with Gasteiger partial charge in [-0.2, -0.15) is 0 Å². The number of anilines is 1. The highest BCUT2D eigenvalue weighted by Gasteiger charge is 2.27. The lowest BCUT2D eigenvalue weighted by Gasteiger charge is -2.24. The Kier molecular flexibility index (Phi) is 13.9. The van der Waals surface area contributed by atoms with Crippen molar-refractivity contribution in [1.82, 2.24) is 10.6 Å². The van der Waals surface area contributed by atoms with Crippen LogP contribution in [0.4, 0.5) is 16.2 Å². The summed E-state index contributed by atoms with van der Waals surface area (Å²) in [5.41, 5.74) is 9.18. The number of rotatable bonds is 16. The van der Waals surface area contributed by atoms with E-state index in [2.05, 4.69) is 26.0 Å². The number of non-ortho nitro benzene ring substituents is 1. The quantitative estimate of drug-likeness (QED) is 0.0357. The number of amides is 3. The molecule has 230 valence electrons. The van der Waals surface area contributed by atoms with Gasteiger partial charge in [-0.25, -0.2) is 4.79 Å². The molecule has 2 aromatic carbocycles. The van der Waals surface area contributed by atoms with Crippen molar-refractivity contribution >= 4 is 35.3 Å². The second kappa shape index (κ2) is 17.6. The van der Waals surface area contributed by atoms with E-state index in [0.717, 1.165) is 0 Å². The molecule has 43 heavy (non-hydrogen) atoms. The molecule has 15 nitrogen and oxygen atoms in total. The number of nitrogens with zero attached hydrogens (tertiary/aromatic N) is 4. The minimum atomic E-state index is -0.992. The summed E-state index contributed by atoms with van der Waals surface area (Å²) < 4.78 is 10.0. The molecule has 0 saturated heterocycles. The van der Waals surface area contributed by atoms with E-state index in [4.69, 9.17) is 15.0 Å². The summed E-state index contributed by atoms with van der Waals surface area (Å²) in [4.78, 5) is 62.6. The molecule has 0 radical (unpaired) electrons. The minimum Gasteiger partial charge on any atom is -0.429 e. The number of hydrogen-bond acceptors (Lipinski definition) is 9. The summed E-state index contributed by atoms with van der Waals surface area (Å²) in [7, 11) is 0. The molecule has 2 aromatic rings. The predicted molar refractivity (Wildman–Crippen MR) is 156 cm³/mol. The van der Waals surface area contributed by atoms with Gasteiger partial charge in [0.25, 0.3) is 5.69 Å². The molecule has 0 heterocycles. The number of ether oxygens (including phenoxy) is 2. The summed E-state index contributed by atoms with van der Waals surface area (Å²) in [6.07, 6.45) is 1.22. The van der Waals surface area contributed by atoms with Crippen LogP contribution in [0.1, 0.15) is 52.0 Å². The van der Waals surface area contributed by atoms with E-state index >= 15 is 0 Å². The van der Waals surface area contributed by atoms with E-state index in [0.29, 0.717) is 37.1 Å². The van der Waals surface area contributed by atoms with Gasteiger partial charge in [0.15, 0.2) is 0 Å². The molecule has 3 amide bonds. The Labute approximate surface area is 248 Å². The molecule has 15 heteroatoms. The molecule has 0 aliphatic carbocycles. The van der Waals surface area contributed by atoms with Gasteiger partial charge in [-0.15, -0.1) is 0 Å². The Bertz CT molecular complexity index is 1310. The molecule has 0 fully saturated rings. The second-order valence-corrected chi connectivity index (χ2v) is 9.86. The fourth-order valence-corrected chi connectivity index (χ4v) is 3.68. The van der Waals surface area contributed by atoms with Crippen LogP contribution in [-0.2, 0) is 25.7 Å². The van der Waals surface area contributed by atoms with Crippen LogP contribution in [0.2, 0.25) is 0 Å². The lowest BCUT2D eigenvalue weighted by molar-refractivity contribution is -0.384. The van der Waals surface area contributed by atoms with Gasteiger partial charge in [0.05, 0.1) is 4.92 Å². The van der Waals surface area contributed by atoms with Gasteiger partial charge in [0.1, 0.15) is 24.4 Å². The standard InChI is InChI=1S/C28H35N7O8/c1-18(2)25(33-24(36)7-5-4-6-16-30-34-29)27(38)31-19(3)26(37)32-21-10-8-20(9-11-21)17-42-28(39)43-23-14-12-22(13-15-23)35(40)41/h8-15,18-19,25H,4-7,16-17H2,1-3H3,(H,31,38)(H,32,37)(H,33,36)/t19-,25-/m0/s1. The fourth-order valence-electron chi connectivity index (χ4n) is 3.68. The first-order valence-electron chi connectivity index (χ1n) is 13.6. The van der Waals surface area contributed by atoms with Crippen molar-refractivity contribution in [3.63, 3.8) is 0 Å². The lowest BCUT2D eigenvalue weighted by atomic mass is 10.0. The van der Waals surface area contributed by atoms with Crippen LogP contribution < -0.4 is 20.7 Å². The number of nitro groups is 1. The molecule has 0 saturated carbocycles. The number of carbonyl (C=O) groups is 4. The number of carbonyl (C=O) groups excluding carboxylic acids is 4. The highest BCUT2D eigenvalue weighted by molar-refractivity contribution is 5.98. The van der Waals surface area contributed by atoms with E-state index in [1.54, 1.807) is 38.1 Å². The number of azide groups is 1. The van der Waals surface area contributed by atoms with Gasteiger partial charge >= 0.3 is 6.16 Å². The summed E-state index contributed by atoms with van der Waals surface area (Å²) in [6.45, 7) is 5.35. The molecule has 3 N–H and O–H groups in total. The zero-order valence-corrected chi connectivity index (χ0v) is 24.1. The van der Waals surface area contributed by atoms with Crippen LogP contribution >= 0.6 is 0 Å². The first-order valence-corrected chi connectivity index (χ1v) is 13.6. The highest BCUT2D eigenvalue weighted by Crippen LogP contribution is 2.18. The Morgan fingerprint density at radius 1 is 0.953 bits per heavy atom. The first-order chi connectivity index (χ1) is 20.5. The third-order valence-electron chi connectivity index (χ3n) is 6.07. The largest absolute Gasteiger partial charge is 0.514 e. The summed E-state index contributed by atoms with van der Waals surface area (Å²) in [5.74, 6) is -1.36. The Morgan fingerprint density at radius 2 is 1.63 bits per heavy atom. The lowest BCUT2D eigenvalue weighted by Crippen LogP contribution is -2.53. The summed E-state index contributed by atoms with van der Waals surface area (Å²) >= 11 is 0. The van der Waals surface area contributed by atoms with Crippen LogP contribution in [-0.4, -0.2) is 47.4 Å². The molecule has 2 rings (SSSR count). The van der Waals surface area contributed by atoms with E-state index in [9.17, 15) is 29.3 Å². The molecule has 0 aliphatic heterocycles. The number of nitro benzene ring substituents is 1. The fraction of sp³-hybridized carbons (Fsp3) is 0.429. The van der Waals surface area contributed by atoms with Gasteiger partial charge in [-0.1, -0.05) is 37.5 Å². The third kappa shape index (κ3) is 12.5. The van der Waals surface area contributed by atoms with Gasteiger partial charge in [-0.05, 0) is 61.0 Å². The number of unbranched alkanes of at least 4 members (excludes halogenated alkanes) is 2. The number of benzene rings is 2. The van der Waals surface area contributed by atoms with Crippen molar-refractivity contribution in [2.45, 2.75) is 65.1 Å². The topological polar surface area (TPSA) is 215 Å². The van der Waals surface area contributed by atoms with Crippen molar-refractivity contribution < 1.29 is 33.6 Å². The van der Waals surface area contributed by atoms with Crippen LogP contribution in [0.5, 0.6) is 5.75 Å². The zero-order chi connectivity index (χ0) is 31.8. The van der Waals surface area contributed by atoms with Gasteiger partial charge in [0.2, 0.25) is 17.7 Å². The zero-order valence-electron chi connectivity index (χ0n) is 24.1. The molecular weight excluding hydrogens is 562 g/mol. The van der Waals surface area contributed by atoms with Crippen molar-refractivity contribution in [3.05, 3.63) is 74.7 Å². The molecule has 0 aromatic heterocycles. The smallest absolute Gasteiger partial charge is 0.429 e. The van der Waals surface area contributed by atoms with E-state index in [-0.39, 0.29) is 36.3 Å². The Hall–Kier alpha value is -5.17. The van der Waals surface area contributed by atoms with Gasteiger partial charge in [0, 0.05) is 35.7 Å². The molecular formula is C28H35N7O8. The van der Waals surface area contributed by atoms with Crippen molar-refractivity contribution in [2.24, 2.45) is 11.0 Å². The molecule has 0 aliphatic rings. The predicted octanol–water partition coefficient (Wildman–Crippen LogP) is 4.77.